The number of carbonyl (C=O) groups is 4. The number of hydrogen-bond donors (Lipinski definition) is 3. The first kappa shape index (κ1) is 39.8. The van der Waals surface area contributed by atoms with Gasteiger partial charge in [-0.3, -0.25) is 4.79 Å². The normalized spacial score (nSPS) is 11.1. The van der Waals surface area contributed by atoms with Gasteiger partial charge in [-0.15, -0.1) is 0 Å². The maximum atomic E-state index is 13.4. The van der Waals surface area contributed by atoms with Gasteiger partial charge in [0.1, 0.15) is 12.2 Å². The minimum Gasteiger partial charge on any atom is -0.543 e. The molecule has 0 aliphatic heterocycles. The largest absolute Gasteiger partial charge is 1.00 e. The van der Waals surface area contributed by atoms with Gasteiger partial charge in [0.15, 0.2) is 0 Å². The van der Waals surface area contributed by atoms with Gasteiger partial charge < -0.3 is 30.0 Å². The maximum Gasteiger partial charge on any atom is 1.00 e. The van der Waals surface area contributed by atoms with Crippen molar-refractivity contribution in [2.75, 3.05) is 13.1 Å². The Morgan fingerprint density at radius 2 is 1.38 bits per heavy atom. The third kappa shape index (κ3) is 11.5. The Labute approximate surface area is 312 Å². The van der Waals surface area contributed by atoms with Crippen molar-refractivity contribution < 1.29 is 71.7 Å². The standard InChI is InChI=1S/C35H38N4O9S.Na/c1-35(2,3)48-33(43)37-20-10-19-36-31(40)27-17-15-26(16-18-27)29-28(21-24-11-6-4-7-12-24)22-39(30(29)32(41)42)49(45,46)38-34(44)47-23-25-13-8-5-9-14-25;/h4-9,11-18,22H,10,19-21,23H2,1-3H3,(H,36,40)(H,37,43)(H,38,44)(H,41,42);/q;+1/p-1. The summed E-state index contributed by atoms with van der Waals surface area (Å²) in [7, 11) is -4.82. The minimum atomic E-state index is -4.82. The van der Waals surface area contributed by atoms with E-state index in [1.165, 1.54) is 24.3 Å². The number of ether oxygens (including phenoxy) is 2. The maximum absolute atomic E-state index is 13.4. The molecule has 1 heterocycles. The second-order valence-corrected chi connectivity index (χ2v) is 13.5. The molecule has 4 aromatic rings. The zero-order chi connectivity index (χ0) is 35.6. The van der Waals surface area contributed by atoms with Crippen molar-refractivity contribution in [3.8, 4) is 11.1 Å². The predicted molar refractivity (Wildman–Crippen MR) is 179 cm³/mol. The fourth-order valence-corrected chi connectivity index (χ4v) is 5.82. The smallest absolute Gasteiger partial charge is 0.543 e. The molecular weight excluding hydrogens is 675 g/mol. The summed E-state index contributed by atoms with van der Waals surface area (Å²) in [6.07, 6.45) is -0.165. The van der Waals surface area contributed by atoms with E-state index in [1.807, 2.05) is 0 Å². The first-order valence-corrected chi connectivity index (χ1v) is 16.8. The summed E-state index contributed by atoms with van der Waals surface area (Å²) in [5, 5.41) is 17.9. The van der Waals surface area contributed by atoms with E-state index < -0.39 is 45.6 Å². The van der Waals surface area contributed by atoms with E-state index in [4.69, 9.17) is 9.47 Å². The molecule has 1 aromatic heterocycles. The molecular formula is C35H37N4NaO9S. The Morgan fingerprint density at radius 3 is 1.96 bits per heavy atom. The van der Waals surface area contributed by atoms with Crippen LogP contribution in [0, 0.1) is 0 Å². The second kappa shape index (κ2) is 17.9. The van der Waals surface area contributed by atoms with Gasteiger partial charge in [0.2, 0.25) is 0 Å². The van der Waals surface area contributed by atoms with Crippen LogP contribution in [-0.4, -0.2) is 55.1 Å². The van der Waals surface area contributed by atoms with E-state index in [9.17, 15) is 32.7 Å². The molecule has 0 spiro atoms. The molecule has 0 bridgehead atoms. The molecule has 3 N–H and O–H groups in total. The van der Waals surface area contributed by atoms with E-state index >= 15 is 0 Å². The van der Waals surface area contributed by atoms with E-state index in [0.29, 0.717) is 27.1 Å². The number of nitrogens with zero attached hydrogens (tertiary/aromatic N) is 1. The van der Waals surface area contributed by atoms with E-state index in [-0.39, 0.29) is 66.8 Å². The van der Waals surface area contributed by atoms with E-state index in [1.54, 1.807) is 86.2 Å². The SMILES string of the molecule is CC(C)(C)OC(=O)NCCCNC(=O)c1ccc(-c2c(Cc3ccccc3)cn(S(=O)(=O)NC(=O)OCc3ccccc3)c2C(=O)[O-])cc1.[Na+]. The summed E-state index contributed by atoms with van der Waals surface area (Å²) < 4.78 is 39.2. The predicted octanol–water partition coefficient (Wildman–Crippen LogP) is 0.777. The Kier molecular flexibility index (Phi) is 14.2. The van der Waals surface area contributed by atoms with Crippen molar-refractivity contribution in [2.24, 2.45) is 0 Å². The van der Waals surface area contributed by atoms with E-state index in [0.717, 1.165) is 11.8 Å². The van der Waals surface area contributed by atoms with Gasteiger partial charge in [0.25, 0.3) is 5.91 Å². The third-order valence-electron chi connectivity index (χ3n) is 6.91. The molecule has 0 aliphatic carbocycles. The van der Waals surface area contributed by atoms with Gasteiger partial charge in [-0.2, -0.15) is 8.42 Å². The molecule has 0 aliphatic rings. The van der Waals surface area contributed by atoms with Crippen molar-refractivity contribution >= 4 is 34.3 Å². The molecule has 4 rings (SSSR count). The molecule has 0 saturated heterocycles. The fraction of sp³-hybridized carbons (Fsp3) is 0.257. The number of carbonyl (C=O) groups excluding carboxylic acids is 4. The van der Waals surface area contributed by atoms with Crippen LogP contribution in [0.5, 0.6) is 0 Å². The van der Waals surface area contributed by atoms with Gasteiger partial charge in [-0.1, -0.05) is 72.8 Å². The molecule has 0 unspecified atom stereocenters. The van der Waals surface area contributed by atoms with Crippen LogP contribution >= 0.6 is 0 Å². The average molecular weight is 713 g/mol. The fourth-order valence-electron chi connectivity index (χ4n) is 4.78. The van der Waals surface area contributed by atoms with Crippen LogP contribution in [0.15, 0.2) is 91.1 Å². The van der Waals surface area contributed by atoms with Crippen LogP contribution in [0.25, 0.3) is 11.1 Å². The van der Waals surface area contributed by atoms with E-state index in [2.05, 4.69) is 10.6 Å². The van der Waals surface area contributed by atoms with Crippen LogP contribution in [0.1, 0.15) is 64.7 Å². The number of aromatic nitrogens is 1. The first-order valence-electron chi connectivity index (χ1n) is 15.3. The van der Waals surface area contributed by atoms with Gasteiger partial charge in [-0.25, -0.2) is 18.3 Å². The number of aromatic carboxylic acids is 1. The van der Waals surface area contributed by atoms with Crippen molar-refractivity contribution in [1.29, 1.82) is 0 Å². The molecule has 258 valence electrons. The summed E-state index contributed by atoms with van der Waals surface area (Å²) in [5.41, 5.74) is 0.932. The zero-order valence-electron chi connectivity index (χ0n) is 28.2. The van der Waals surface area contributed by atoms with Gasteiger partial charge in [0.05, 0.1) is 11.7 Å². The molecule has 15 heteroatoms. The first-order chi connectivity index (χ1) is 23.2. The van der Waals surface area contributed by atoms with Crippen LogP contribution in [0.3, 0.4) is 0 Å². The monoisotopic (exact) mass is 712 g/mol. The summed E-state index contributed by atoms with van der Waals surface area (Å²) in [6.45, 7) is 5.58. The quantitative estimate of drug-likeness (QED) is 0.133. The summed E-state index contributed by atoms with van der Waals surface area (Å²) >= 11 is 0. The number of carboxylic acids is 1. The Morgan fingerprint density at radius 1 is 0.800 bits per heavy atom. The zero-order valence-corrected chi connectivity index (χ0v) is 31.0. The van der Waals surface area contributed by atoms with Crippen molar-refractivity contribution in [3.05, 3.63) is 119 Å². The molecule has 3 amide bonds. The molecule has 0 radical (unpaired) electrons. The number of nitrogens with one attached hydrogen (secondary N) is 3. The van der Waals surface area contributed by atoms with Crippen LogP contribution in [-0.2, 0) is 32.7 Å². The van der Waals surface area contributed by atoms with Gasteiger partial charge in [0, 0.05) is 30.4 Å². The van der Waals surface area contributed by atoms with Crippen molar-refractivity contribution in [1.82, 2.24) is 19.3 Å². The van der Waals surface area contributed by atoms with Crippen LogP contribution in [0.4, 0.5) is 9.59 Å². The Hall–Kier alpha value is -4.63. The second-order valence-electron chi connectivity index (χ2n) is 11.9. The molecule has 0 saturated carbocycles. The topological polar surface area (TPSA) is 185 Å². The Bertz CT molecular complexity index is 1890. The van der Waals surface area contributed by atoms with Gasteiger partial charge in [-0.05, 0) is 68.0 Å². The van der Waals surface area contributed by atoms with Crippen molar-refractivity contribution in [2.45, 2.75) is 45.8 Å². The molecule has 13 nitrogen and oxygen atoms in total. The minimum absolute atomic E-state index is 0. The molecule has 0 fully saturated rings. The summed E-state index contributed by atoms with van der Waals surface area (Å²) in [4.78, 5) is 49.6. The molecule has 50 heavy (non-hydrogen) atoms. The average Bonchev–Trinajstić information content (AvgIpc) is 3.44. The van der Waals surface area contributed by atoms with Crippen molar-refractivity contribution in [3.63, 3.8) is 0 Å². The number of benzene rings is 3. The van der Waals surface area contributed by atoms with Crippen LogP contribution in [0.2, 0.25) is 0 Å². The number of amides is 3. The number of hydrogen-bond acceptors (Lipinski definition) is 9. The van der Waals surface area contributed by atoms with Crippen LogP contribution < -0.4 is 50.0 Å². The van der Waals surface area contributed by atoms with Gasteiger partial charge >= 0.3 is 52.0 Å². The number of rotatable bonds is 13. The Balaban J connectivity index is 0.00000676. The molecule has 3 aromatic carbocycles. The summed E-state index contributed by atoms with van der Waals surface area (Å²) in [5.74, 6) is -2.22. The number of alkyl carbamates (subject to hydrolysis) is 1. The third-order valence-corrected chi connectivity index (χ3v) is 8.14. The number of carboxylic acid groups (broad SMARTS) is 1. The summed E-state index contributed by atoms with van der Waals surface area (Å²) in [6, 6.07) is 23.5. The molecule has 0 atom stereocenters.